The number of nitrogen functional groups attached to an aromatic ring is 1. The van der Waals surface area contributed by atoms with Gasteiger partial charge in [0.1, 0.15) is 11.4 Å². The predicted molar refractivity (Wildman–Crippen MR) is 65.7 cm³/mol. The topological polar surface area (TPSA) is 60.2 Å². The summed E-state index contributed by atoms with van der Waals surface area (Å²) in [4.78, 5) is 4.38. The third-order valence-corrected chi connectivity index (χ3v) is 2.22. The second-order valence-corrected chi connectivity index (χ2v) is 5.22. The Labute approximate surface area is 96.2 Å². The quantitative estimate of drug-likeness (QED) is 0.823. The van der Waals surface area contributed by atoms with Gasteiger partial charge in [-0.2, -0.15) is 4.98 Å². The second-order valence-electron chi connectivity index (χ2n) is 5.22. The van der Waals surface area contributed by atoms with E-state index in [4.69, 9.17) is 10.5 Å². The van der Waals surface area contributed by atoms with E-state index in [1.165, 1.54) is 12.8 Å². The molecular formula is C12H19N3O. The molecule has 4 nitrogen and oxygen atoms in total. The maximum absolute atomic E-state index is 5.83. The normalized spacial score (nSPS) is 15.9. The van der Waals surface area contributed by atoms with E-state index >= 15 is 0 Å². The summed E-state index contributed by atoms with van der Waals surface area (Å²) in [6.07, 6.45) is 2.45. The van der Waals surface area contributed by atoms with E-state index < -0.39 is 0 Å². The van der Waals surface area contributed by atoms with Crippen LogP contribution in [0.4, 0.5) is 11.5 Å². The average Bonchev–Trinajstić information content (AvgIpc) is 2.92. The van der Waals surface area contributed by atoms with Crippen molar-refractivity contribution in [2.45, 2.75) is 45.3 Å². The summed E-state index contributed by atoms with van der Waals surface area (Å²) >= 11 is 0. The van der Waals surface area contributed by atoms with Crippen LogP contribution in [0.25, 0.3) is 0 Å². The molecule has 0 aliphatic heterocycles. The first-order valence-corrected chi connectivity index (χ1v) is 5.66. The van der Waals surface area contributed by atoms with Gasteiger partial charge in [-0.1, -0.05) is 0 Å². The van der Waals surface area contributed by atoms with Crippen LogP contribution in [-0.2, 0) is 0 Å². The Bertz CT molecular complexity index is 380. The third kappa shape index (κ3) is 3.02. The van der Waals surface area contributed by atoms with Gasteiger partial charge in [-0.05, 0) is 45.7 Å². The fourth-order valence-corrected chi connectivity index (χ4v) is 1.34. The van der Waals surface area contributed by atoms with Gasteiger partial charge in [-0.15, -0.1) is 0 Å². The molecule has 1 aromatic rings. The molecule has 0 bridgehead atoms. The maximum Gasteiger partial charge on any atom is 0.239 e. The molecule has 0 spiro atoms. The Balaban J connectivity index is 2.14. The minimum Gasteiger partial charge on any atom is -0.470 e. The summed E-state index contributed by atoms with van der Waals surface area (Å²) in [7, 11) is 0. The van der Waals surface area contributed by atoms with Crippen LogP contribution >= 0.6 is 0 Å². The number of hydrogen-bond acceptors (Lipinski definition) is 4. The minimum atomic E-state index is -0.278. The standard InChI is InChI=1S/C12H19N3O/c1-12(2,3)16-11-9(13)6-7-10(15-11)14-8-4-5-8/h6-8H,4-5,13H2,1-3H3,(H,14,15). The average molecular weight is 221 g/mol. The highest BCUT2D eigenvalue weighted by Crippen LogP contribution is 2.28. The first-order valence-electron chi connectivity index (χ1n) is 5.66. The van der Waals surface area contributed by atoms with Crippen LogP contribution in [0.15, 0.2) is 12.1 Å². The van der Waals surface area contributed by atoms with Crippen LogP contribution < -0.4 is 15.8 Å². The Hall–Kier alpha value is -1.45. The number of nitrogens with two attached hydrogens (primary N) is 1. The van der Waals surface area contributed by atoms with E-state index in [0.29, 0.717) is 17.6 Å². The molecule has 0 unspecified atom stereocenters. The molecule has 1 saturated carbocycles. The van der Waals surface area contributed by atoms with E-state index in [-0.39, 0.29) is 5.60 Å². The molecular weight excluding hydrogens is 202 g/mol. The number of anilines is 2. The number of rotatable bonds is 3. The van der Waals surface area contributed by atoms with Gasteiger partial charge in [-0.3, -0.25) is 0 Å². The lowest BCUT2D eigenvalue weighted by molar-refractivity contribution is 0.125. The highest BCUT2D eigenvalue weighted by atomic mass is 16.5. The molecule has 2 rings (SSSR count). The molecule has 0 saturated heterocycles. The van der Waals surface area contributed by atoms with Crippen molar-refractivity contribution < 1.29 is 4.74 Å². The van der Waals surface area contributed by atoms with Gasteiger partial charge in [0.05, 0.1) is 5.69 Å². The first kappa shape index (κ1) is 11.0. The monoisotopic (exact) mass is 221 g/mol. The lowest BCUT2D eigenvalue weighted by atomic mass is 10.2. The lowest BCUT2D eigenvalue weighted by Gasteiger charge is -2.21. The Morgan fingerprint density at radius 1 is 1.38 bits per heavy atom. The van der Waals surface area contributed by atoms with E-state index in [0.717, 1.165) is 5.82 Å². The molecule has 1 aliphatic carbocycles. The molecule has 0 aromatic carbocycles. The van der Waals surface area contributed by atoms with Crippen LogP contribution in [0.1, 0.15) is 33.6 Å². The molecule has 1 heterocycles. The molecule has 0 amide bonds. The zero-order chi connectivity index (χ0) is 11.8. The number of pyridine rings is 1. The fraction of sp³-hybridized carbons (Fsp3) is 0.583. The summed E-state index contributed by atoms with van der Waals surface area (Å²) in [6.45, 7) is 5.94. The molecule has 1 aromatic heterocycles. The second kappa shape index (κ2) is 3.85. The van der Waals surface area contributed by atoms with E-state index in [9.17, 15) is 0 Å². The summed E-state index contributed by atoms with van der Waals surface area (Å²) in [5.74, 6) is 1.36. The molecule has 16 heavy (non-hydrogen) atoms. The van der Waals surface area contributed by atoms with Crippen molar-refractivity contribution >= 4 is 11.5 Å². The minimum absolute atomic E-state index is 0.278. The zero-order valence-corrected chi connectivity index (χ0v) is 10.1. The van der Waals surface area contributed by atoms with Crippen molar-refractivity contribution in [3.05, 3.63) is 12.1 Å². The van der Waals surface area contributed by atoms with Crippen LogP contribution in [0.5, 0.6) is 5.88 Å². The maximum atomic E-state index is 5.83. The fourth-order valence-electron chi connectivity index (χ4n) is 1.34. The molecule has 1 fully saturated rings. The van der Waals surface area contributed by atoms with Crippen LogP contribution in [0.2, 0.25) is 0 Å². The summed E-state index contributed by atoms with van der Waals surface area (Å²) < 4.78 is 5.70. The smallest absolute Gasteiger partial charge is 0.239 e. The molecule has 0 atom stereocenters. The van der Waals surface area contributed by atoms with Gasteiger partial charge in [0.15, 0.2) is 0 Å². The Morgan fingerprint density at radius 3 is 2.62 bits per heavy atom. The summed E-state index contributed by atoms with van der Waals surface area (Å²) in [5.41, 5.74) is 6.13. The largest absolute Gasteiger partial charge is 0.470 e. The Kier molecular flexibility index (Phi) is 2.66. The first-order chi connectivity index (χ1) is 7.44. The number of hydrogen-bond donors (Lipinski definition) is 2. The van der Waals surface area contributed by atoms with Gasteiger partial charge in [0.2, 0.25) is 5.88 Å². The highest BCUT2D eigenvalue weighted by molar-refractivity contribution is 5.54. The van der Waals surface area contributed by atoms with Crippen LogP contribution in [0.3, 0.4) is 0 Å². The highest BCUT2D eigenvalue weighted by Gasteiger charge is 2.22. The van der Waals surface area contributed by atoms with E-state index in [1.807, 2.05) is 32.9 Å². The summed E-state index contributed by atoms with van der Waals surface area (Å²) in [5, 5.41) is 3.32. The van der Waals surface area contributed by atoms with Crippen molar-refractivity contribution in [3.8, 4) is 5.88 Å². The number of ether oxygens (including phenoxy) is 1. The van der Waals surface area contributed by atoms with Crippen molar-refractivity contribution in [1.29, 1.82) is 0 Å². The number of nitrogens with zero attached hydrogens (tertiary/aromatic N) is 1. The number of nitrogens with one attached hydrogen (secondary N) is 1. The molecule has 88 valence electrons. The zero-order valence-electron chi connectivity index (χ0n) is 10.1. The summed E-state index contributed by atoms with van der Waals surface area (Å²) in [6, 6.07) is 4.31. The lowest BCUT2D eigenvalue weighted by Crippen LogP contribution is -2.24. The van der Waals surface area contributed by atoms with Crippen molar-refractivity contribution in [3.63, 3.8) is 0 Å². The van der Waals surface area contributed by atoms with Gasteiger partial charge in [0.25, 0.3) is 0 Å². The van der Waals surface area contributed by atoms with Crippen molar-refractivity contribution in [2.24, 2.45) is 0 Å². The number of aromatic nitrogens is 1. The SMILES string of the molecule is CC(C)(C)Oc1nc(NC2CC2)ccc1N. The molecule has 3 N–H and O–H groups in total. The van der Waals surface area contributed by atoms with Crippen LogP contribution in [-0.4, -0.2) is 16.6 Å². The molecule has 4 heteroatoms. The van der Waals surface area contributed by atoms with Gasteiger partial charge in [0, 0.05) is 6.04 Å². The third-order valence-electron chi connectivity index (χ3n) is 2.22. The molecule has 0 radical (unpaired) electrons. The van der Waals surface area contributed by atoms with Gasteiger partial charge in [-0.25, -0.2) is 0 Å². The predicted octanol–water partition coefficient (Wildman–Crippen LogP) is 2.42. The van der Waals surface area contributed by atoms with Crippen LogP contribution in [0, 0.1) is 0 Å². The van der Waals surface area contributed by atoms with E-state index in [1.54, 1.807) is 0 Å². The van der Waals surface area contributed by atoms with Gasteiger partial charge < -0.3 is 15.8 Å². The van der Waals surface area contributed by atoms with Gasteiger partial charge >= 0.3 is 0 Å². The van der Waals surface area contributed by atoms with Crippen molar-refractivity contribution in [1.82, 2.24) is 4.98 Å². The molecule has 1 aliphatic rings. The van der Waals surface area contributed by atoms with Crippen molar-refractivity contribution in [2.75, 3.05) is 11.1 Å². The Morgan fingerprint density at radius 2 is 2.06 bits per heavy atom. The van der Waals surface area contributed by atoms with E-state index in [2.05, 4.69) is 10.3 Å².